The molecular formula is C16H16N2O. The lowest BCUT2D eigenvalue weighted by Crippen LogP contribution is -2.63. The van der Waals surface area contributed by atoms with Crippen molar-refractivity contribution in [2.24, 2.45) is 5.73 Å². The molecule has 0 radical (unpaired) electrons. The molecule has 0 saturated carbocycles. The molecule has 19 heavy (non-hydrogen) atoms. The van der Waals surface area contributed by atoms with Gasteiger partial charge in [0.05, 0.1) is 6.04 Å². The first-order valence-corrected chi connectivity index (χ1v) is 6.39. The number of amides is 1. The molecule has 96 valence electrons. The Morgan fingerprint density at radius 3 is 2.26 bits per heavy atom. The number of hydrogen-bond acceptors (Lipinski definition) is 2. The zero-order valence-corrected chi connectivity index (χ0v) is 10.8. The first kappa shape index (κ1) is 11.9. The molecule has 1 heterocycles. The summed E-state index contributed by atoms with van der Waals surface area (Å²) in [6, 6.07) is 17.4. The van der Waals surface area contributed by atoms with Gasteiger partial charge in [0, 0.05) is 5.69 Å². The highest BCUT2D eigenvalue weighted by molar-refractivity contribution is 6.05. The number of benzene rings is 2. The van der Waals surface area contributed by atoms with Gasteiger partial charge in [-0.1, -0.05) is 48.0 Å². The fourth-order valence-electron chi connectivity index (χ4n) is 2.51. The summed E-state index contributed by atoms with van der Waals surface area (Å²) in [5.74, 6) is -0.0160. The van der Waals surface area contributed by atoms with E-state index in [2.05, 4.69) is 0 Å². The number of nitrogens with zero attached hydrogens (tertiary/aromatic N) is 1. The molecule has 0 aromatic heterocycles. The lowest BCUT2D eigenvalue weighted by Gasteiger charge is -2.45. The van der Waals surface area contributed by atoms with E-state index < -0.39 is 6.04 Å². The number of hydrogen-bond donors (Lipinski definition) is 1. The second-order valence-corrected chi connectivity index (χ2v) is 4.93. The van der Waals surface area contributed by atoms with Crippen LogP contribution in [0.15, 0.2) is 54.6 Å². The van der Waals surface area contributed by atoms with Crippen molar-refractivity contribution in [3.63, 3.8) is 0 Å². The van der Waals surface area contributed by atoms with Crippen molar-refractivity contribution in [3.8, 4) is 0 Å². The average Bonchev–Trinajstić information content (AvgIpc) is 2.46. The van der Waals surface area contributed by atoms with E-state index in [-0.39, 0.29) is 11.9 Å². The standard InChI is InChI=1S/C16H16N2O/c1-11-7-9-13(10-8-11)18-15(14(17)16(18)19)12-5-3-2-4-6-12/h2-10,14-15H,17H2,1H3/t14-,15-/m1/s1. The quantitative estimate of drug-likeness (QED) is 0.834. The summed E-state index contributed by atoms with van der Waals surface area (Å²) in [6.45, 7) is 2.03. The van der Waals surface area contributed by atoms with Crippen LogP contribution < -0.4 is 10.6 Å². The van der Waals surface area contributed by atoms with Gasteiger partial charge in [-0.25, -0.2) is 0 Å². The van der Waals surface area contributed by atoms with Crippen LogP contribution in [0.1, 0.15) is 17.2 Å². The van der Waals surface area contributed by atoms with Gasteiger partial charge in [0.15, 0.2) is 0 Å². The molecule has 1 fully saturated rings. The molecular weight excluding hydrogens is 236 g/mol. The zero-order valence-electron chi connectivity index (χ0n) is 10.8. The minimum atomic E-state index is -0.441. The third-order valence-corrected chi connectivity index (χ3v) is 3.59. The van der Waals surface area contributed by atoms with E-state index in [0.717, 1.165) is 11.3 Å². The van der Waals surface area contributed by atoms with Crippen molar-refractivity contribution in [1.82, 2.24) is 0 Å². The van der Waals surface area contributed by atoms with Gasteiger partial charge in [0.1, 0.15) is 6.04 Å². The summed E-state index contributed by atoms with van der Waals surface area (Å²) < 4.78 is 0. The maximum absolute atomic E-state index is 12.0. The molecule has 3 rings (SSSR count). The SMILES string of the molecule is Cc1ccc(N2C(=O)[C@H](N)[C@H]2c2ccccc2)cc1. The van der Waals surface area contributed by atoms with E-state index in [4.69, 9.17) is 5.73 Å². The predicted octanol–water partition coefficient (Wildman–Crippen LogP) is 2.41. The Hall–Kier alpha value is -2.13. The average molecular weight is 252 g/mol. The molecule has 1 amide bonds. The smallest absolute Gasteiger partial charge is 0.247 e. The molecule has 3 nitrogen and oxygen atoms in total. The summed E-state index contributed by atoms with van der Waals surface area (Å²) in [6.07, 6.45) is 0. The molecule has 0 spiro atoms. The van der Waals surface area contributed by atoms with Gasteiger partial charge < -0.3 is 10.6 Å². The van der Waals surface area contributed by atoms with Crippen molar-refractivity contribution in [1.29, 1.82) is 0 Å². The lowest BCUT2D eigenvalue weighted by molar-refractivity contribution is -0.126. The van der Waals surface area contributed by atoms with Crippen LogP contribution in [0.3, 0.4) is 0 Å². The maximum Gasteiger partial charge on any atom is 0.247 e. The highest BCUT2D eigenvalue weighted by Gasteiger charge is 2.46. The Bertz CT molecular complexity index is 592. The van der Waals surface area contributed by atoms with Crippen LogP contribution in [0.2, 0.25) is 0 Å². The number of anilines is 1. The maximum atomic E-state index is 12.0. The molecule has 2 aromatic rings. The minimum Gasteiger partial charge on any atom is -0.318 e. The number of rotatable bonds is 2. The van der Waals surface area contributed by atoms with Crippen LogP contribution in [-0.2, 0) is 4.79 Å². The number of β-lactam (4-membered cyclic amide) rings is 1. The van der Waals surface area contributed by atoms with Crippen molar-refractivity contribution in [2.75, 3.05) is 4.90 Å². The first-order chi connectivity index (χ1) is 9.18. The van der Waals surface area contributed by atoms with Gasteiger partial charge in [-0.3, -0.25) is 4.79 Å². The van der Waals surface area contributed by atoms with Gasteiger partial charge in [-0.2, -0.15) is 0 Å². The molecule has 1 aliphatic heterocycles. The van der Waals surface area contributed by atoms with Crippen LogP contribution in [0.25, 0.3) is 0 Å². The molecule has 0 aliphatic carbocycles. The molecule has 0 unspecified atom stereocenters. The zero-order chi connectivity index (χ0) is 13.4. The van der Waals surface area contributed by atoms with Crippen molar-refractivity contribution >= 4 is 11.6 Å². The summed E-state index contributed by atoms with van der Waals surface area (Å²) in [7, 11) is 0. The predicted molar refractivity (Wildman–Crippen MR) is 75.8 cm³/mol. The highest BCUT2D eigenvalue weighted by Crippen LogP contribution is 2.37. The van der Waals surface area contributed by atoms with Crippen LogP contribution in [0, 0.1) is 6.92 Å². The molecule has 1 saturated heterocycles. The van der Waals surface area contributed by atoms with Gasteiger partial charge in [-0.05, 0) is 24.6 Å². The third-order valence-electron chi connectivity index (χ3n) is 3.59. The normalized spacial score (nSPS) is 22.2. The lowest BCUT2D eigenvalue weighted by atomic mass is 9.88. The van der Waals surface area contributed by atoms with E-state index >= 15 is 0 Å². The van der Waals surface area contributed by atoms with E-state index in [1.807, 2.05) is 61.5 Å². The summed E-state index contributed by atoms with van der Waals surface area (Å²) >= 11 is 0. The van der Waals surface area contributed by atoms with Crippen LogP contribution in [-0.4, -0.2) is 11.9 Å². The van der Waals surface area contributed by atoms with E-state index in [1.54, 1.807) is 4.90 Å². The molecule has 0 bridgehead atoms. The second-order valence-electron chi connectivity index (χ2n) is 4.93. The third kappa shape index (κ3) is 1.92. The van der Waals surface area contributed by atoms with Crippen molar-refractivity contribution < 1.29 is 4.79 Å². The van der Waals surface area contributed by atoms with Crippen molar-refractivity contribution in [3.05, 3.63) is 65.7 Å². The first-order valence-electron chi connectivity index (χ1n) is 6.39. The topological polar surface area (TPSA) is 46.3 Å². The molecule has 2 aromatic carbocycles. The summed E-state index contributed by atoms with van der Waals surface area (Å²) in [5.41, 5.74) is 9.13. The Morgan fingerprint density at radius 1 is 1.00 bits per heavy atom. The molecule has 1 aliphatic rings. The monoisotopic (exact) mass is 252 g/mol. The fraction of sp³-hybridized carbons (Fsp3) is 0.188. The van der Waals surface area contributed by atoms with E-state index in [9.17, 15) is 4.79 Å². The largest absolute Gasteiger partial charge is 0.318 e. The van der Waals surface area contributed by atoms with E-state index in [0.29, 0.717) is 0 Å². The van der Waals surface area contributed by atoms with E-state index in [1.165, 1.54) is 5.56 Å². The van der Waals surface area contributed by atoms with Crippen LogP contribution >= 0.6 is 0 Å². The summed E-state index contributed by atoms with van der Waals surface area (Å²) in [4.78, 5) is 13.8. The Morgan fingerprint density at radius 2 is 1.63 bits per heavy atom. The number of aryl methyl sites for hydroxylation is 1. The van der Waals surface area contributed by atoms with Crippen LogP contribution in [0.4, 0.5) is 5.69 Å². The van der Waals surface area contributed by atoms with Crippen molar-refractivity contribution in [2.45, 2.75) is 19.0 Å². The van der Waals surface area contributed by atoms with Gasteiger partial charge >= 0.3 is 0 Å². The molecule has 2 atom stereocenters. The number of carbonyl (C=O) groups excluding carboxylic acids is 1. The van der Waals surface area contributed by atoms with Crippen LogP contribution in [0.5, 0.6) is 0 Å². The van der Waals surface area contributed by atoms with Gasteiger partial charge in [0.25, 0.3) is 0 Å². The highest BCUT2D eigenvalue weighted by atomic mass is 16.2. The minimum absolute atomic E-state index is 0.0160. The van der Waals surface area contributed by atoms with Gasteiger partial charge in [0.2, 0.25) is 5.91 Å². The molecule has 2 N–H and O–H groups in total. The fourth-order valence-corrected chi connectivity index (χ4v) is 2.51. The molecule has 3 heteroatoms. The summed E-state index contributed by atoms with van der Waals surface area (Å²) in [5, 5.41) is 0. The van der Waals surface area contributed by atoms with Gasteiger partial charge in [-0.15, -0.1) is 0 Å². The second kappa shape index (κ2) is 4.52. The Kier molecular flexibility index (Phi) is 2.84. The Balaban J connectivity index is 1.96. The number of carbonyl (C=O) groups is 1. The Labute approximate surface area is 112 Å². The number of nitrogens with two attached hydrogens (primary N) is 1.